The zero-order valence-electron chi connectivity index (χ0n) is 7.61. The van der Waals surface area contributed by atoms with Gasteiger partial charge in [0.1, 0.15) is 0 Å². The number of aliphatic hydroxyl groups excluding tert-OH is 1. The standard InChI is InChI=1S/C2H8O7P2.3H3N/c1-9-11(7,8)2(3)10(4,5)6;;;/h2-3H,1H3,(H,7,8)(H2,4,5,6);3*1H3. The van der Waals surface area contributed by atoms with E-state index in [4.69, 9.17) is 19.8 Å². The number of aliphatic hydroxyl groups is 1. The molecular weight excluding hydrogens is 240 g/mol. The highest BCUT2D eigenvalue weighted by Crippen LogP contribution is 2.60. The maximum atomic E-state index is 10.5. The topological polar surface area (TPSA) is 229 Å². The van der Waals surface area contributed by atoms with Gasteiger partial charge in [0, 0.05) is 7.11 Å². The Balaban J connectivity index is -0.000000167. The van der Waals surface area contributed by atoms with Gasteiger partial charge in [-0.05, 0) is 0 Å². The fourth-order valence-electron chi connectivity index (χ4n) is 0.284. The fraction of sp³-hybridized carbons (Fsp3) is 1.00. The van der Waals surface area contributed by atoms with Gasteiger partial charge < -0.3 is 42.8 Å². The highest BCUT2D eigenvalue weighted by atomic mass is 31.2. The van der Waals surface area contributed by atoms with Crippen LogP contribution in [0.15, 0.2) is 0 Å². The second kappa shape index (κ2) is 7.43. The Bertz CT molecular complexity index is 227. The molecule has 92 valence electrons. The molecule has 0 spiro atoms. The van der Waals surface area contributed by atoms with Crippen LogP contribution in [0.5, 0.6) is 0 Å². The van der Waals surface area contributed by atoms with Gasteiger partial charge in [0.15, 0.2) is 0 Å². The van der Waals surface area contributed by atoms with E-state index in [1.54, 1.807) is 0 Å². The van der Waals surface area contributed by atoms with Gasteiger partial charge >= 0.3 is 15.2 Å². The Morgan fingerprint density at radius 3 is 1.43 bits per heavy atom. The molecule has 0 aliphatic carbocycles. The Hall–Kier alpha value is 0.140. The first-order valence-corrected chi connectivity index (χ1v) is 5.66. The highest BCUT2D eigenvalue weighted by Gasteiger charge is 2.43. The van der Waals surface area contributed by atoms with E-state index in [0.717, 1.165) is 7.11 Å². The lowest BCUT2D eigenvalue weighted by Crippen LogP contribution is -2.08. The molecule has 0 aliphatic heterocycles. The quantitative estimate of drug-likeness (QED) is 0.327. The van der Waals surface area contributed by atoms with Crippen molar-refractivity contribution in [1.29, 1.82) is 0 Å². The van der Waals surface area contributed by atoms with Crippen molar-refractivity contribution in [2.24, 2.45) is 0 Å². The minimum atomic E-state index is -4.98. The predicted molar refractivity (Wildman–Crippen MR) is 50.0 cm³/mol. The molecule has 0 amide bonds. The summed E-state index contributed by atoms with van der Waals surface area (Å²) in [4.78, 5) is 24.9. The van der Waals surface area contributed by atoms with E-state index in [2.05, 4.69) is 4.52 Å². The van der Waals surface area contributed by atoms with Gasteiger partial charge in [-0.15, -0.1) is 0 Å². The van der Waals surface area contributed by atoms with Crippen LogP contribution in [0.25, 0.3) is 0 Å². The van der Waals surface area contributed by atoms with E-state index < -0.39 is 20.8 Å². The van der Waals surface area contributed by atoms with Gasteiger partial charge in [-0.2, -0.15) is 0 Å². The van der Waals surface area contributed by atoms with Crippen molar-refractivity contribution < 1.29 is 33.4 Å². The third kappa shape index (κ3) is 6.57. The summed E-state index contributed by atoms with van der Waals surface area (Å²) >= 11 is 0. The van der Waals surface area contributed by atoms with Crippen LogP contribution in [-0.2, 0) is 13.7 Å². The highest BCUT2D eigenvalue weighted by molar-refractivity contribution is 7.70. The molecule has 10 nitrogen and oxygen atoms in total. The molecule has 13 N–H and O–H groups in total. The fourth-order valence-corrected chi connectivity index (χ4v) is 2.28. The first kappa shape index (κ1) is 23.7. The molecule has 0 heterocycles. The van der Waals surface area contributed by atoms with Crippen LogP contribution in [0.2, 0.25) is 0 Å². The molecule has 0 saturated heterocycles. The van der Waals surface area contributed by atoms with Crippen molar-refractivity contribution in [3.63, 3.8) is 0 Å². The van der Waals surface area contributed by atoms with Gasteiger partial charge in [-0.1, -0.05) is 0 Å². The lowest BCUT2D eigenvalue weighted by molar-refractivity contribution is 0.207. The van der Waals surface area contributed by atoms with E-state index in [1.807, 2.05) is 0 Å². The van der Waals surface area contributed by atoms with Crippen molar-refractivity contribution in [3.8, 4) is 0 Å². The SMILES string of the molecule is COP(=O)(O)C(O)P(=O)(O)O.N.N.N. The molecule has 0 aromatic rings. The van der Waals surface area contributed by atoms with E-state index in [0.29, 0.717) is 0 Å². The molecule has 14 heavy (non-hydrogen) atoms. The molecular formula is C2H17N3O7P2. The lowest BCUT2D eigenvalue weighted by atomic mass is 11.7. The van der Waals surface area contributed by atoms with Gasteiger partial charge in [0.05, 0.1) is 0 Å². The number of hydrogen-bond donors (Lipinski definition) is 7. The molecule has 0 bridgehead atoms. The van der Waals surface area contributed by atoms with Crippen molar-refractivity contribution in [2.75, 3.05) is 7.11 Å². The average Bonchev–Trinajstić information content (AvgIpc) is 1.84. The average molecular weight is 257 g/mol. The minimum Gasteiger partial charge on any atom is -0.370 e. The van der Waals surface area contributed by atoms with E-state index in [1.165, 1.54) is 0 Å². The minimum absolute atomic E-state index is 0. The Morgan fingerprint density at radius 1 is 1.07 bits per heavy atom. The van der Waals surface area contributed by atoms with Crippen LogP contribution in [0.1, 0.15) is 0 Å². The molecule has 2 atom stereocenters. The van der Waals surface area contributed by atoms with Crippen LogP contribution in [0.3, 0.4) is 0 Å². The summed E-state index contributed by atoms with van der Waals surface area (Å²) in [5, 5.41) is 8.51. The Morgan fingerprint density at radius 2 is 1.36 bits per heavy atom. The molecule has 0 saturated carbocycles. The van der Waals surface area contributed by atoms with Crippen LogP contribution in [-0.4, -0.2) is 32.5 Å². The van der Waals surface area contributed by atoms with Crippen molar-refractivity contribution >= 4 is 15.2 Å². The molecule has 2 unspecified atom stereocenters. The molecule has 0 aliphatic rings. The van der Waals surface area contributed by atoms with Gasteiger partial charge in [-0.25, -0.2) is 0 Å². The summed E-state index contributed by atoms with van der Waals surface area (Å²) in [6, 6.07) is 0. The second-order valence-electron chi connectivity index (χ2n) is 1.68. The third-order valence-corrected chi connectivity index (χ3v) is 4.34. The Kier molecular flexibility index (Phi) is 12.6. The monoisotopic (exact) mass is 257 g/mol. The van der Waals surface area contributed by atoms with E-state index in [9.17, 15) is 9.13 Å². The summed E-state index contributed by atoms with van der Waals surface area (Å²) < 4.78 is 24.5. The first-order valence-electron chi connectivity index (χ1n) is 2.33. The van der Waals surface area contributed by atoms with Crippen molar-refractivity contribution in [1.82, 2.24) is 18.5 Å². The zero-order valence-corrected chi connectivity index (χ0v) is 9.40. The smallest absolute Gasteiger partial charge is 0.368 e. The summed E-state index contributed by atoms with van der Waals surface area (Å²) in [5.74, 6) is 0. The normalized spacial score (nSPS) is 16.4. The van der Waals surface area contributed by atoms with Gasteiger partial charge in [-0.3, -0.25) is 9.13 Å². The number of rotatable bonds is 3. The van der Waals surface area contributed by atoms with Crippen molar-refractivity contribution in [2.45, 2.75) is 5.59 Å². The van der Waals surface area contributed by atoms with Crippen LogP contribution >= 0.6 is 15.2 Å². The van der Waals surface area contributed by atoms with Crippen LogP contribution in [0.4, 0.5) is 0 Å². The van der Waals surface area contributed by atoms with Crippen molar-refractivity contribution in [3.05, 3.63) is 0 Å². The van der Waals surface area contributed by atoms with Gasteiger partial charge in [0.25, 0.3) is 5.59 Å². The third-order valence-electron chi connectivity index (χ3n) is 0.854. The molecule has 0 aromatic carbocycles. The number of hydrogen-bond acceptors (Lipinski definition) is 7. The molecule has 0 radical (unpaired) electrons. The first-order chi connectivity index (χ1) is 4.72. The molecule has 12 heteroatoms. The largest absolute Gasteiger partial charge is 0.370 e. The van der Waals surface area contributed by atoms with Crippen LogP contribution in [0, 0.1) is 0 Å². The predicted octanol–water partition coefficient (Wildman–Crippen LogP) is -0.242. The van der Waals surface area contributed by atoms with E-state index >= 15 is 0 Å². The summed E-state index contributed by atoms with van der Waals surface area (Å²) in [6.45, 7) is 0. The van der Waals surface area contributed by atoms with E-state index in [-0.39, 0.29) is 18.5 Å². The summed E-state index contributed by atoms with van der Waals surface area (Å²) in [5.41, 5.74) is -2.67. The summed E-state index contributed by atoms with van der Waals surface area (Å²) in [7, 11) is -8.81. The molecule has 0 rings (SSSR count). The second-order valence-corrected chi connectivity index (χ2v) is 5.74. The molecule has 0 fully saturated rings. The zero-order chi connectivity index (χ0) is 9.28. The summed E-state index contributed by atoms with van der Waals surface area (Å²) in [6.07, 6.45) is 0. The Labute approximate surface area is 80.7 Å². The van der Waals surface area contributed by atoms with Gasteiger partial charge in [0.2, 0.25) is 0 Å². The lowest BCUT2D eigenvalue weighted by Gasteiger charge is -2.16. The maximum absolute atomic E-state index is 10.5. The van der Waals surface area contributed by atoms with Crippen LogP contribution < -0.4 is 18.5 Å². The maximum Gasteiger partial charge on any atom is 0.368 e. The molecule has 0 aromatic heterocycles.